The van der Waals surface area contributed by atoms with Gasteiger partial charge in [0.05, 0.1) is 13.7 Å². The molecule has 5 nitrogen and oxygen atoms in total. The monoisotopic (exact) mass is 419 g/mol. The third-order valence-electron chi connectivity index (χ3n) is 3.47. The molecule has 0 saturated heterocycles. The third-order valence-corrected chi connectivity index (χ3v) is 3.47. The van der Waals surface area contributed by atoms with Gasteiger partial charge < -0.3 is 20.1 Å². The lowest BCUT2D eigenvalue weighted by Crippen LogP contribution is -2.37. The van der Waals surface area contributed by atoms with Crippen LogP contribution in [0.1, 0.15) is 25.3 Å². The Morgan fingerprint density at radius 3 is 2.64 bits per heavy atom. The number of aliphatic imine (C=N–C) groups is 1. The lowest BCUT2D eigenvalue weighted by molar-refractivity contribution is 0.310. The van der Waals surface area contributed by atoms with Crippen LogP contribution < -0.4 is 20.1 Å². The Balaban J connectivity index is 0.00000242. The van der Waals surface area contributed by atoms with E-state index in [0.717, 1.165) is 35.5 Å². The fraction of sp³-hybridized carbons (Fsp3) is 0.562. The average molecular weight is 419 g/mol. The van der Waals surface area contributed by atoms with Crippen LogP contribution in [0, 0.1) is 5.92 Å². The maximum Gasteiger partial charge on any atom is 0.191 e. The third kappa shape index (κ3) is 5.90. The van der Waals surface area contributed by atoms with Crippen molar-refractivity contribution in [2.45, 2.75) is 26.3 Å². The Morgan fingerprint density at radius 1 is 1.27 bits per heavy atom. The highest BCUT2D eigenvalue weighted by Crippen LogP contribution is 2.28. The van der Waals surface area contributed by atoms with Crippen molar-refractivity contribution in [2.24, 2.45) is 10.9 Å². The molecule has 0 bridgehead atoms. The van der Waals surface area contributed by atoms with E-state index in [9.17, 15) is 0 Å². The molecular formula is C16H26IN3O2. The smallest absolute Gasteiger partial charge is 0.191 e. The van der Waals surface area contributed by atoms with Crippen LogP contribution in [0.4, 0.5) is 0 Å². The number of nitrogens with zero attached hydrogens (tertiary/aromatic N) is 1. The Kier molecular flexibility index (Phi) is 8.37. The Morgan fingerprint density at radius 2 is 2.05 bits per heavy atom. The van der Waals surface area contributed by atoms with Crippen LogP contribution >= 0.6 is 24.0 Å². The van der Waals surface area contributed by atoms with Gasteiger partial charge in [-0.1, -0.05) is 6.07 Å². The topological polar surface area (TPSA) is 54.9 Å². The number of nitrogens with one attached hydrogen (secondary N) is 2. The summed E-state index contributed by atoms with van der Waals surface area (Å²) in [5, 5.41) is 6.66. The van der Waals surface area contributed by atoms with Crippen molar-refractivity contribution in [2.75, 3.05) is 27.3 Å². The molecule has 1 saturated carbocycles. The molecule has 1 aliphatic rings. The fourth-order valence-corrected chi connectivity index (χ4v) is 2.07. The molecule has 1 aromatic carbocycles. The van der Waals surface area contributed by atoms with Gasteiger partial charge >= 0.3 is 0 Å². The minimum atomic E-state index is 0. The number of hydrogen-bond donors (Lipinski definition) is 2. The second-order valence-corrected chi connectivity index (χ2v) is 5.17. The quantitative estimate of drug-likeness (QED) is 0.406. The Hall–Kier alpha value is -1.18. The predicted octanol–water partition coefficient (Wildman–Crippen LogP) is 2.79. The van der Waals surface area contributed by atoms with Crippen molar-refractivity contribution in [3.05, 3.63) is 23.8 Å². The molecule has 1 aromatic rings. The molecule has 0 aliphatic heterocycles. The maximum atomic E-state index is 5.52. The van der Waals surface area contributed by atoms with E-state index in [2.05, 4.69) is 15.6 Å². The SMILES string of the molecule is CCOc1ccc(CNC(=NC)NCC2CC2)cc1OC.I. The highest BCUT2D eigenvalue weighted by atomic mass is 127. The molecule has 1 fully saturated rings. The number of guanidine groups is 1. The molecule has 0 aromatic heterocycles. The van der Waals surface area contributed by atoms with E-state index in [1.54, 1.807) is 14.2 Å². The van der Waals surface area contributed by atoms with Crippen LogP contribution in [0.5, 0.6) is 11.5 Å². The highest BCUT2D eigenvalue weighted by Gasteiger charge is 2.21. The lowest BCUT2D eigenvalue weighted by Gasteiger charge is -2.13. The minimum Gasteiger partial charge on any atom is -0.493 e. The summed E-state index contributed by atoms with van der Waals surface area (Å²) in [6, 6.07) is 5.97. The van der Waals surface area contributed by atoms with Gasteiger partial charge in [-0.15, -0.1) is 24.0 Å². The van der Waals surface area contributed by atoms with E-state index >= 15 is 0 Å². The minimum absolute atomic E-state index is 0. The van der Waals surface area contributed by atoms with E-state index in [4.69, 9.17) is 9.47 Å². The summed E-state index contributed by atoms with van der Waals surface area (Å²) >= 11 is 0. The van der Waals surface area contributed by atoms with Crippen molar-refractivity contribution in [3.8, 4) is 11.5 Å². The number of rotatable bonds is 7. The molecule has 0 atom stereocenters. The van der Waals surface area contributed by atoms with Crippen LogP contribution in [0.25, 0.3) is 0 Å². The van der Waals surface area contributed by atoms with Crippen molar-refractivity contribution in [3.63, 3.8) is 0 Å². The fourth-order valence-electron chi connectivity index (χ4n) is 2.07. The van der Waals surface area contributed by atoms with Gasteiger partial charge in [-0.25, -0.2) is 0 Å². The maximum absolute atomic E-state index is 5.52. The van der Waals surface area contributed by atoms with Crippen LogP contribution in [0.2, 0.25) is 0 Å². The molecule has 0 amide bonds. The van der Waals surface area contributed by atoms with Crippen molar-refractivity contribution in [1.29, 1.82) is 0 Å². The standard InChI is InChI=1S/C16H25N3O2.HI/c1-4-21-14-8-7-13(9-15(14)20-3)11-19-16(17-2)18-10-12-5-6-12;/h7-9,12H,4-6,10-11H2,1-3H3,(H2,17,18,19);1H. The summed E-state index contributed by atoms with van der Waals surface area (Å²) in [6.07, 6.45) is 2.67. The molecule has 0 unspecified atom stereocenters. The van der Waals surface area contributed by atoms with Gasteiger partial charge in [-0.05, 0) is 43.4 Å². The molecule has 0 radical (unpaired) electrons. The van der Waals surface area contributed by atoms with Gasteiger partial charge in [0.1, 0.15) is 0 Å². The number of methoxy groups -OCH3 is 1. The number of halogens is 1. The molecular weight excluding hydrogens is 393 g/mol. The van der Waals surface area contributed by atoms with E-state index in [1.807, 2.05) is 25.1 Å². The van der Waals surface area contributed by atoms with E-state index in [-0.39, 0.29) is 24.0 Å². The van der Waals surface area contributed by atoms with Crippen molar-refractivity contribution < 1.29 is 9.47 Å². The van der Waals surface area contributed by atoms with Gasteiger partial charge in [0.15, 0.2) is 17.5 Å². The molecule has 6 heteroatoms. The number of benzene rings is 1. The Labute approximate surface area is 149 Å². The largest absolute Gasteiger partial charge is 0.493 e. The van der Waals surface area contributed by atoms with Crippen LogP contribution in [-0.4, -0.2) is 33.3 Å². The van der Waals surface area contributed by atoms with Crippen molar-refractivity contribution in [1.82, 2.24) is 10.6 Å². The van der Waals surface area contributed by atoms with Gasteiger partial charge in [-0.2, -0.15) is 0 Å². The molecule has 2 rings (SSSR count). The number of ether oxygens (including phenoxy) is 2. The van der Waals surface area contributed by atoms with Crippen LogP contribution in [0.15, 0.2) is 23.2 Å². The van der Waals surface area contributed by atoms with E-state index in [0.29, 0.717) is 13.2 Å². The summed E-state index contributed by atoms with van der Waals surface area (Å²) in [6.45, 7) is 4.30. The van der Waals surface area contributed by atoms with Gasteiger partial charge in [0, 0.05) is 20.1 Å². The molecule has 0 spiro atoms. The normalized spacial score (nSPS) is 14.0. The van der Waals surface area contributed by atoms with Crippen molar-refractivity contribution >= 4 is 29.9 Å². The first kappa shape index (κ1) is 18.9. The molecule has 0 heterocycles. The van der Waals surface area contributed by atoms with Crippen LogP contribution in [0.3, 0.4) is 0 Å². The summed E-state index contributed by atoms with van der Waals surface area (Å²) in [5.74, 6) is 3.21. The molecule has 124 valence electrons. The lowest BCUT2D eigenvalue weighted by atomic mass is 10.2. The summed E-state index contributed by atoms with van der Waals surface area (Å²) in [5.41, 5.74) is 1.13. The van der Waals surface area contributed by atoms with E-state index in [1.165, 1.54) is 12.8 Å². The zero-order chi connectivity index (χ0) is 15.1. The molecule has 22 heavy (non-hydrogen) atoms. The predicted molar refractivity (Wildman–Crippen MR) is 101 cm³/mol. The first-order valence-electron chi connectivity index (χ1n) is 7.51. The van der Waals surface area contributed by atoms with Crippen LogP contribution in [-0.2, 0) is 6.54 Å². The molecule has 2 N–H and O–H groups in total. The zero-order valence-electron chi connectivity index (χ0n) is 13.5. The zero-order valence-corrected chi connectivity index (χ0v) is 15.8. The Bertz CT molecular complexity index is 490. The van der Waals surface area contributed by atoms with Gasteiger partial charge in [0.2, 0.25) is 0 Å². The molecule has 1 aliphatic carbocycles. The summed E-state index contributed by atoms with van der Waals surface area (Å²) in [4.78, 5) is 4.23. The average Bonchev–Trinajstić information content (AvgIpc) is 3.33. The van der Waals surface area contributed by atoms with Gasteiger partial charge in [-0.3, -0.25) is 4.99 Å². The van der Waals surface area contributed by atoms with Gasteiger partial charge in [0.25, 0.3) is 0 Å². The number of hydrogen-bond acceptors (Lipinski definition) is 3. The first-order valence-corrected chi connectivity index (χ1v) is 7.51. The second-order valence-electron chi connectivity index (χ2n) is 5.17. The first-order chi connectivity index (χ1) is 10.3. The highest BCUT2D eigenvalue weighted by molar-refractivity contribution is 14.0. The second kappa shape index (κ2) is 9.76. The summed E-state index contributed by atoms with van der Waals surface area (Å²) in [7, 11) is 3.45. The summed E-state index contributed by atoms with van der Waals surface area (Å²) < 4.78 is 10.9. The van der Waals surface area contributed by atoms with E-state index < -0.39 is 0 Å².